The van der Waals surface area contributed by atoms with Crippen molar-refractivity contribution in [2.75, 3.05) is 29.8 Å². The highest BCUT2D eigenvalue weighted by Crippen LogP contribution is 2.33. The Kier molecular flexibility index (Phi) is 7.90. The monoisotopic (exact) mass is 506 g/mol. The molecule has 9 nitrogen and oxygen atoms in total. The Hall–Kier alpha value is -3.44. The van der Waals surface area contributed by atoms with Gasteiger partial charge in [0.2, 0.25) is 0 Å². The summed E-state index contributed by atoms with van der Waals surface area (Å²) in [4.78, 5) is -0.611. The predicted octanol–water partition coefficient (Wildman–Crippen LogP) is 4.09. The van der Waals surface area contributed by atoms with Crippen LogP contribution in [0.3, 0.4) is 0 Å². The number of nitrogens with one attached hydrogen (secondary N) is 2. The number of benzene rings is 3. The van der Waals surface area contributed by atoms with E-state index in [2.05, 4.69) is 9.44 Å². The summed E-state index contributed by atoms with van der Waals surface area (Å²) >= 11 is 0. The topological polar surface area (TPSA) is 120 Å². The van der Waals surface area contributed by atoms with Crippen molar-refractivity contribution in [3.63, 3.8) is 0 Å². The van der Waals surface area contributed by atoms with Crippen LogP contribution in [0.25, 0.3) is 0 Å². The molecular weight excluding hydrogens is 480 g/mol. The van der Waals surface area contributed by atoms with E-state index in [1.54, 1.807) is 62.4 Å². The van der Waals surface area contributed by atoms with Crippen molar-refractivity contribution in [3.8, 4) is 17.2 Å². The molecule has 0 amide bonds. The smallest absolute Gasteiger partial charge is 0.265 e. The van der Waals surface area contributed by atoms with E-state index < -0.39 is 20.0 Å². The maximum atomic E-state index is 13.2. The highest BCUT2D eigenvalue weighted by atomic mass is 32.2. The van der Waals surface area contributed by atoms with E-state index in [-0.39, 0.29) is 26.9 Å². The SMILES string of the molecule is CCOc1ccccc1NS(=O)(=O)c1ccc(OC)c(S(=O)(=O)Nc2ccccc2OCC)c1. The highest BCUT2D eigenvalue weighted by molar-refractivity contribution is 7.93. The van der Waals surface area contributed by atoms with Gasteiger partial charge in [-0.3, -0.25) is 9.44 Å². The summed E-state index contributed by atoms with van der Waals surface area (Å²) in [5, 5.41) is 0. The van der Waals surface area contributed by atoms with Crippen LogP contribution in [-0.4, -0.2) is 37.2 Å². The lowest BCUT2D eigenvalue weighted by Gasteiger charge is -2.16. The number of anilines is 2. The van der Waals surface area contributed by atoms with E-state index in [4.69, 9.17) is 14.2 Å². The first-order valence-electron chi connectivity index (χ1n) is 10.4. The van der Waals surface area contributed by atoms with Crippen LogP contribution in [0, 0.1) is 0 Å². The van der Waals surface area contributed by atoms with Gasteiger partial charge in [-0.25, -0.2) is 16.8 Å². The van der Waals surface area contributed by atoms with Gasteiger partial charge < -0.3 is 14.2 Å². The third kappa shape index (κ3) is 5.72. The zero-order valence-electron chi connectivity index (χ0n) is 18.9. The van der Waals surface area contributed by atoms with Gasteiger partial charge >= 0.3 is 0 Å². The molecular formula is C23H26N2O7S2. The molecule has 3 aromatic carbocycles. The second-order valence-corrected chi connectivity index (χ2v) is 10.2. The summed E-state index contributed by atoms with van der Waals surface area (Å²) in [5.41, 5.74) is 0.441. The molecule has 11 heteroatoms. The molecule has 34 heavy (non-hydrogen) atoms. The normalized spacial score (nSPS) is 11.5. The van der Waals surface area contributed by atoms with Crippen molar-refractivity contribution in [2.24, 2.45) is 0 Å². The maximum Gasteiger partial charge on any atom is 0.265 e. The van der Waals surface area contributed by atoms with Crippen LogP contribution >= 0.6 is 0 Å². The lowest BCUT2D eigenvalue weighted by molar-refractivity contribution is 0.342. The maximum absolute atomic E-state index is 13.2. The Balaban J connectivity index is 2.00. The molecule has 3 rings (SSSR count). The van der Waals surface area contributed by atoms with Gasteiger partial charge in [-0.05, 0) is 56.3 Å². The van der Waals surface area contributed by atoms with E-state index >= 15 is 0 Å². The van der Waals surface area contributed by atoms with Crippen LogP contribution in [-0.2, 0) is 20.0 Å². The number of rotatable bonds is 11. The molecule has 0 heterocycles. The number of ether oxygens (including phenoxy) is 3. The van der Waals surface area contributed by atoms with E-state index in [0.29, 0.717) is 24.7 Å². The Morgan fingerprint density at radius 3 is 1.68 bits per heavy atom. The summed E-state index contributed by atoms with van der Waals surface area (Å²) in [6, 6.07) is 16.7. The van der Waals surface area contributed by atoms with Crippen LogP contribution < -0.4 is 23.7 Å². The van der Waals surface area contributed by atoms with Gasteiger partial charge in [0.1, 0.15) is 22.1 Å². The average Bonchev–Trinajstić information content (AvgIpc) is 2.81. The number of sulfonamides is 2. The summed E-state index contributed by atoms with van der Waals surface area (Å²) < 4.78 is 73.7. The van der Waals surface area contributed by atoms with Crippen molar-refractivity contribution < 1.29 is 31.0 Å². The van der Waals surface area contributed by atoms with Crippen molar-refractivity contribution >= 4 is 31.4 Å². The van der Waals surface area contributed by atoms with E-state index in [0.717, 1.165) is 6.07 Å². The second-order valence-electron chi connectivity index (χ2n) is 6.88. The quantitative estimate of drug-likeness (QED) is 0.402. The molecule has 182 valence electrons. The van der Waals surface area contributed by atoms with Gasteiger partial charge in [0.15, 0.2) is 0 Å². The van der Waals surface area contributed by atoms with E-state index in [1.807, 2.05) is 0 Å². The number of para-hydroxylation sites is 4. The van der Waals surface area contributed by atoms with Gasteiger partial charge in [0.25, 0.3) is 20.0 Å². The first-order valence-corrected chi connectivity index (χ1v) is 13.4. The molecule has 3 aromatic rings. The molecule has 0 saturated heterocycles. The van der Waals surface area contributed by atoms with Crippen LogP contribution in [0.5, 0.6) is 17.2 Å². The Bertz CT molecular complexity index is 1360. The first kappa shape index (κ1) is 25.2. The largest absolute Gasteiger partial charge is 0.495 e. The van der Waals surface area contributed by atoms with E-state index in [9.17, 15) is 16.8 Å². The molecule has 0 radical (unpaired) electrons. The lowest BCUT2D eigenvalue weighted by atomic mass is 10.3. The van der Waals surface area contributed by atoms with E-state index in [1.165, 1.54) is 19.2 Å². The van der Waals surface area contributed by atoms with Crippen molar-refractivity contribution in [3.05, 3.63) is 66.7 Å². The van der Waals surface area contributed by atoms with Crippen LogP contribution in [0.4, 0.5) is 11.4 Å². The van der Waals surface area contributed by atoms with Gasteiger partial charge in [-0.1, -0.05) is 24.3 Å². The lowest BCUT2D eigenvalue weighted by Crippen LogP contribution is -2.18. The summed E-state index contributed by atoms with van der Waals surface area (Å²) in [5.74, 6) is 0.671. The number of hydrogen-bond acceptors (Lipinski definition) is 7. The Morgan fingerprint density at radius 2 is 1.18 bits per heavy atom. The first-order chi connectivity index (χ1) is 16.2. The number of methoxy groups -OCH3 is 1. The summed E-state index contributed by atoms with van der Waals surface area (Å²) in [6.07, 6.45) is 0. The molecule has 2 N–H and O–H groups in total. The van der Waals surface area contributed by atoms with Crippen molar-refractivity contribution in [1.29, 1.82) is 0 Å². The third-order valence-electron chi connectivity index (χ3n) is 4.60. The Morgan fingerprint density at radius 1 is 0.676 bits per heavy atom. The zero-order chi connectivity index (χ0) is 24.8. The molecule has 0 bridgehead atoms. The molecule has 0 aliphatic rings. The average molecular weight is 507 g/mol. The highest BCUT2D eigenvalue weighted by Gasteiger charge is 2.25. The minimum atomic E-state index is -4.24. The van der Waals surface area contributed by atoms with Gasteiger partial charge in [0, 0.05) is 0 Å². The third-order valence-corrected chi connectivity index (χ3v) is 7.35. The standard InChI is InChI=1S/C23H26N2O7S2/c1-4-31-20-12-8-6-10-18(20)24-33(26,27)17-14-15-22(30-3)23(16-17)34(28,29)25-19-11-7-9-13-21(19)32-5-2/h6-16,24-25H,4-5H2,1-3H3. The van der Waals surface area contributed by atoms with Crippen molar-refractivity contribution in [1.82, 2.24) is 0 Å². The zero-order valence-corrected chi connectivity index (χ0v) is 20.6. The predicted molar refractivity (Wildman–Crippen MR) is 130 cm³/mol. The molecule has 0 aliphatic carbocycles. The van der Waals surface area contributed by atoms with Crippen LogP contribution in [0.2, 0.25) is 0 Å². The number of hydrogen-bond donors (Lipinski definition) is 2. The van der Waals surface area contributed by atoms with Gasteiger partial charge in [-0.2, -0.15) is 0 Å². The van der Waals surface area contributed by atoms with Crippen molar-refractivity contribution in [2.45, 2.75) is 23.6 Å². The van der Waals surface area contributed by atoms with Crippen LogP contribution in [0.1, 0.15) is 13.8 Å². The fourth-order valence-electron chi connectivity index (χ4n) is 3.10. The molecule has 0 unspecified atom stereocenters. The minimum Gasteiger partial charge on any atom is -0.495 e. The molecule has 0 aromatic heterocycles. The van der Waals surface area contributed by atoms with Crippen LogP contribution in [0.15, 0.2) is 76.5 Å². The molecule has 0 aliphatic heterocycles. The van der Waals surface area contributed by atoms with Gasteiger partial charge in [-0.15, -0.1) is 0 Å². The Labute approximate surface area is 199 Å². The molecule has 0 spiro atoms. The fourth-order valence-corrected chi connectivity index (χ4v) is 5.54. The molecule has 0 saturated carbocycles. The fraction of sp³-hybridized carbons (Fsp3) is 0.217. The molecule has 0 atom stereocenters. The minimum absolute atomic E-state index is 0.0185. The van der Waals surface area contributed by atoms with Gasteiger partial charge in [0.05, 0.1) is 36.6 Å². The summed E-state index contributed by atoms with van der Waals surface area (Å²) in [7, 11) is -7.10. The molecule has 0 fully saturated rings. The summed E-state index contributed by atoms with van der Waals surface area (Å²) in [6.45, 7) is 4.24. The second kappa shape index (κ2) is 10.7.